The minimum absolute atomic E-state index is 0.0996. The van der Waals surface area contributed by atoms with Gasteiger partial charge in [0.05, 0.1) is 11.5 Å². The van der Waals surface area contributed by atoms with E-state index in [4.69, 9.17) is 4.74 Å². The van der Waals surface area contributed by atoms with Crippen LogP contribution >= 0.6 is 0 Å². The maximum atomic E-state index is 13.3. The highest BCUT2D eigenvalue weighted by Crippen LogP contribution is 2.30. The average Bonchev–Trinajstić information content (AvgIpc) is 3.40. The molecule has 43 heavy (non-hydrogen) atoms. The molecule has 1 unspecified atom stereocenters. The molecule has 3 atom stereocenters. The van der Waals surface area contributed by atoms with Crippen molar-refractivity contribution >= 4 is 40.9 Å². The number of likely N-dealkylation sites (tertiary alicyclic amines) is 1. The van der Waals surface area contributed by atoms with E-state index in [-0.39, 0.29) is 12.1 Å². The lowest BCUT2D eigenvalue weighted by Gasteiger charge is -2.42. The summed E-state index contributed by atoms with van der Waals surface area (Å²) in [6, 6.07) is 11.1. The monoisotopic (exact) mass is 588 g/mol. The Balaban J connectivity index is 1.44. The number of anilines is 2. The lowest BCUT2D eigenvalue weighted by molar-refractivity contribution is -0.110. The highest BCUT2D eigenvalue weighted by atomic mass is 16.6. The molecule has 12 nitrogen and oxygen atoms in total. The number of amides is 2. The third-order valence-electron chi connectivity index (χ3n) is 7.56. The normalized spacial score (nSPS) is 18.0. The number of likely N-dealkylation sites (N-methyl/N-ethyl adjacent to an activating group) is 1. The highest BCUT2D eigenvalue weighted by molar-refractivity contribution is 5.99. The summed E-state index contributed by atoms with van der Waals surface area (Å²) in [5.41, 5.74) is 1.49. The molecule has 1 saturated heterocycles. The molecule has 0 radical (unpaired) electrons. The lowest BCUT2D eigenvalue weighted by Crippen LogP contribution is -2.52. The molecule has 3 heterocycles. The molecule has 2 N–H and O–H groups in total. The molecule has 12 heteroatoms. The van der Waals surface area contributed by atoms with Gasteiger partial charge in [0, 0.05) is 44.6 Å². The number of nitrogens with zero attached hydrogens (tertiary/aromatic N) is 6. The fraction of sp³-hybridized carbons (Fsp3) is 0.484. The van der Waals surface area contributed by atoms with Crippen LogP contribution in [0.5, 0.6) is 0 Å². The Labute approximate surface area is 252 Å². The standard InChI is InChI=1S/C31H40N8O4/c1-21-10-13-38(17-23(16-32)19-40)18-26(21)37(5)27-25-11-14-39(28(25)35-20-34-27)29(41)36-24-8-6-7-22(15-24)9-12-33-30(42)43-31(2,3)4/h6-8,11,14-15,19-21,23,26H,9-10,12-13,17-18H2,1-5H3,(H,33,42)(H,36,41)/t21-,23?,26+/m1/s1. The number of ether oxygens (including phenoxy) is 1. The van der Waals surface area contributed by atoms with Gasteiger partial charge in [-0.1, -0.05) is 19.1 Å². The molecule has 1 aliphatic heterocycles. The van der Waals surface area contributed by atoms with Crippen LogP contribution in [0.4, 0.5) is 21.1 Å². The first-order valence-corrected chi connectivity index (χ1v) is 14.5. The second-order valence-corrected chi connectivity index (χ2v) is 12.0. The van der Waals surface area contributed by atoms with E-state index >= 15 is 0 Å². The van der Waals surface area contributed by atoms with Gasteiger partial charge in [-0.15, -0.1) is 0 Å². The highest BCUT2D eigenvalue weighted by Gasteiger charge is 2.32. The number of fused-ring (bicyclic) bond motifs is 1. The maximum absolute atomic E-state index is 13.3. The molecule has 0 saturated carbocycles. The number of aromatic nitrogens is 3. The fourth-order valence-electron chi connectivity index (χ4n) is 5.33. The maximum Gasteiger partial charge on any atom is 0.407 e. The minimum atomic E-state index is -0.646. The largest absolute Gasteiger partial charge is 0.444 e. The Kier molecular flexibility index (Phi) is 9.98. The number of aldehydes is 1. The van der Waals surface area contributed by atoms with Crippen LogP contribution in [-0.2, 0) is 16.0 Å². The zero-order valence-electron chi connectivity index (χ0n) is 25.4. The van der Waals surface area contributed by atoms with Crippen molar-refractivity contribution in [3.05, 3.63) is 48.4 Å². The molecule has 228 valence electrons. The first kappa shape index (κ1) is 31.4. The summed E-state index contributed by atoms with van der Waals surface area (Å²) in [5.74, 6) is 0.425. The van der Waals surface area contributed by atoms with Gasteiger partial charge in [0.25, 0.3) is 0 Å². The first-order chi connectivity index (χ1) is 20.5. The zero-order valence-corrected chi connectivity index (χ0v) is 25.4. The topological polar surface area (TPSA) is 145 Å². The molecule has 1 fully saturated rings. The van der Waals surface area contributed by atoms with E-state index in [0.717, 1.165) is 23.9 Å². The molecule has 2 amide bonds. The van der Waals surface area contributed by atoms with Gasteiger partial charge in [-0.25, -0.2) is 19.6 Å². The smallest absolute Gasteiger partial charge is 0.407 e. The van der Waals surface area contributed by atoms with Crippen molar-refractivity contribution in [1.29, 1.82) is 5.26 Å². The Bertz CT molecular complexity index is 1490. The molecule has 4 rings (SSSR count). The third kappa shape index (κ3) is 8.08. The van der Waals surface area contributed by atoms with Crippen LogP contribution in [0.2, 0.25) is 0 Å². The number of alkyl carbamates (subject to hydrolysis) is 1. The van der Waals surface area contributed by atoms with Crippen LogP contribution in [0.15, 0.2) is 42.9 Å². The number of hydrogen-bond acceptors (Lipinski definition) is 9. The quantitative estimate of drug-likeness (QED) is 0.353. The van der Waals surface area contributed by atoms with Crippen LogP contribution in [0.25, 0.3) is 11.0 Å². The molecular weight excluding hydrogens is 548 g/mol. The molecule has 0 bridgehead atoms. The van der Waals surface area contributed by atoms with Gasteiger partial charge in [0.15, 0.2) is 5.65 Å². The number of nitriles is 1. The molecule has 1 aliphatic rings. The van der Waals surface area contributed by atoms with Crippen LogP contribution in [0, 0.1) is 23.2 Å². The Morgan fingerprint density at radius 1 is 1.28 bits per heavy atom. The Morgan fingerprint density at radius 2 is 2.07 bits per heavy atom. The summed E-state index contributed by atoms with van der Waals surface area (Å²) in [4.78, 5) is 49.7. The number of rotatable bonds is 9. The van der Waals surface area contributed by atoms with Crippen molar-refractivity contribution in [2.24, 2.45) is 11.8 Å². The van der Waals surface area contributed by atoms with Gasteiger partial charge in [-0.3, -0.25) is 9.47 Å². The number of carbonyl (C=O) groups excluding carboxylic acids is 3. The molecule has 2 aromatic heterocycles. The molecule has 1 aromatic carbocycles. The number of piperidine rings is 1. The summed E-state index contributed by atoms with van der Waals surface area (Å²) in [6.45, 7) is 9.96. The zero-order chi connectivity index (χ0) is 31.1. The van der Waals surface area contributed by atoms with E-state index in [2.05, 4.69) is 43.4 Å². The van der Waals surface area contributed by atoms with Crippen molar-refractivity contribution in [1.82, 2.24) is 24.8 Å². The van der Waals surface area contributed by atoms with Gasteiger partial charge in [-0.05, 0) is 69.8 Å². The van der Waals surface area contributed by atoms with E-state index in [1.807, 2.05) is 52.1 Å². The van der Waals surface area contributed by atoms with Gasteiger partial charge in [-0.2, -0.15) is 5.26 Å². The SMILES string of the molecule is C[C@@H]1CCN(CC(C#N)C=O)C[C@@H]1N(C)c1ncnc2c1ccn2C(=O)Nc1cccc(CCNC(=O)OC(C)(C)C)c1. The number of benzene rings is 1. The first-order valence-electron chi connectivity index (χ1n) is 14.5. The Hall–Kier alpha value is -4.50. The predicted octanol–water partition coefficient (Wildman–Crippen LogP) is 4.06. The summed E-state index contributed by atoms with van der Waals surface area (Å²) in [7, 11) is 1.98. The molecule has 3 aromatic rings. The van der Waals surface area contributed by atoms with Gasteiger partial charge < -0.3 is 25.1 Å². The van der Waals surface area contributed by atoms with Crippen molar-refractivity contribution in [3.63, 3.8) is 0 Å². The summed E-state index contributed by atoms with van der Waals surface area (Å²) in [5, 5.41) is 15.7. The Morgan fingerprint density at radius 3 is 2.79 bits per heavy atom. The van der Waals surface area contributed by atoms with Crippen molar-refractivity contribution in [2.45, 2.75) is 52.2 Å². The van der Waals surface area contributed by atoms with Gasteiger partial charge >= 0.3 is 12.1 Å². The molecule has 0 aliphatic carbocycles. The van der Waals surface area contributed by atoms with E-state index in [9.17, 15) is 19.6 Å². The summed E-state index contributed by atoms with van der Waals surface area (Å²) in [6.07, 6.45) is 4.88. The minimum Gasteiger partial charge on any atom is -0.444 e. The molecule has 0 spiro atoms. The van der Waals surface area contributed by atoms with Crippen LogP contribution in [0.1, 0.15) is 39.7 Å². The third-order valence-corrected chi connectivity index (χ3v) is 7.56. The van der Waals surface area contributed by atoms with Crippen LogP contribution < -0.4 is 15.5 Å². The lowest BCUT2D eigenvalue weighted by atomic mass is 9.91. The van der Waals surface area contributed by atoms with Gasteiger partial charge in [0.2, 0.25) is 0 Å². The fourth-order valence-corrected chi connectivity index (χ4v) is 5.33. The average molecular weight is 589 g/mol. The van der Waals surface area contributed by atoms with Crippen LogP contribution in [0.3, 0.4) is 0 Å². The van der Waals surface area contributed by atoms with Crippen molar-refractivity contribution in [2.75, 3.05) is 43.4 Å². The van der Waals surface area contributed by atoms with Crippen molar-refractivity contribution < 1.29 is 19.1 Å². The van der Waals surface area contributed by atoms with Crippen molar-refractivity contribution in [3.8, 4) is 6.07 Å². The van der Waals surface area contributed by atoms with E-state index in [1.54, 1.807) is 12.3 Å². The van der Waals surface area contributed by atoms with Crippen LogP contribution in [-0.4, -0.2) is 82.7 Å². The number of nitrogens with one attached hydrogen (secondary N) is 2. The second kappa shape index (κ2) is 13.6. The number of carbonyl (C=O) groups is 3. The van der Waals surface area contributed by atoms with Gasteiger partial charge in [0.1, 0.15) is 30.0 Å². The predicted molar refractivity (Wildman–Crippen MR) is 164 cm³/mol. The second-order valence-electron chi connectivity index (χ2n) is 12.0. The molecular formula is C31H40N8O4. The summed E-state index contributed by atoms with van der Waals surface area (Å²) >= 11 is 0. The van der Waals surface area contributed by atoms with E-state index in [1.165, 1.54) is 10.9 Å². The van der Waals surface area contributed by atoms with E-state index < -0.39 is 17.6 Å². The summed E-state index contributed by atoms with van der Waals surface area (Å²) < 4.78 is 6.73. The van der Waals surface area contributed by atoms with E-state index in [0.29, 0.717) is 55.4 Å². The number of hydrogen-bond donors (Lipinski definition) is 2.